The summed E-state index contributed by atoms with van der Waals surface area (Å²) in [5.74, 6) is 0.987. The Kier molecular flexibility index (Phi) is 4.98. The Bertz CT molecular complexity index is 289. The zero-order chi connectivity index (χ0) is 9.10. The van der Waals surface area contributed by atoms with Crippen LogP contribution in [0.2, 0.25) is 0 Å². The molecule has 14 heavy (non-hydrogen) atoms. The van der Waals surface area contributed by atoms with Crippen LogP contribution in [-0.4, -0.2) is 19.2 Å². The summed E-state index contributed by atoms with van der Waals surface area (Å²) in [6.07, 6.45) is 1.48. The molecule has 0 amide bonds. The number of rotatable bonds is 2. The van der Waals surface area contributed by atoms with E-state index in [1.165, 1.54) is 3.57 Å². The van der Waals surface area contributed by atoms with Crippen LogP contribution in [0.25, 0.3) is 0 Å². The highest BCUT2D eigenvalue weighted by Gasteiger charge is 2.15. The lowest BCUT2D eigenvalue weighted by molar-refractivity contribution is 0.223. The number of hydrogen-bond donors (Lipinski definition) is 1. The van der Waals surface area contributed by atoms with Crippen LogP contribution in [-0.2, 0) is 0 Å². The lowest BCUT2D eigenvalue weighted by atomic mass is 10.3. The fraction of sp³-hybridized carbons (Fsp3) is 0.400. The van der Waals surface area contributed by atoms with Crippen LogP contribution in [0, 0.1) is 3.57 Å². The third kappa shape index (κ3) is 3.29. The third-order valence-corrected chi connectivity index (χ3v) is 2.78. The molecule has 0 radical (unpaired) electrons. The van der Waals surface area contributed by atoms with Gasteiger partial charge < -0.3 is 10.1 Å². The highest BCUT2D eigenvalue weighted by Crippen LogP contribution is 2.17. The van der Waals surface area contributed by atoms with Crippen LogP contribution in [0.4, 0.5) is 0 Å². The Balaban J connectivity index is 0.000000980. The van der Waals surface area contributed by atoms with E-state index >= 15 is 0 Å². The van der Waals surface area contributed by atoms with Crippen LogP contribution in [0.1, 0.15) is 6.42 Å². The van der Waals surface area contributed by atoms with E-state index in [-0.39, 0.29) is 12.4 Å². The Morgan fingerprint density at radius 1 is 1.43 bits per heavy atom. The minimum Gasteiger partial charge on any atom is -0.489 e. The number of hydrogen-bond acceptors (Lipinski definition) is 2. The molecule has 1 saturated heterocycles. The van der Waals surface area contributed by atoms with Crippen molar-refractivity contribution in [3.63, 3.8) is 0 Å². The van der Waals surface area contributed by atoms with Gasteiger partial charge in [0.1, 0.15) is 11.9 Å². The second-order valence-corrected chi connectivity index (χ2v) is 4.44. The molecule has 2 rings (SSSR count). The van der Waals surface area contributed by atoms with Crippen LogP contribution in [0.5, 0.6) is 5.75 Å². The van der Waals surface area contributed by atoms with Crippen molar-refractivity contribution in [2.24, 2.45) is 0 Å². The summed E-state index contributed by atoms with van der Waals surface area (Å²) in [6, 6.07) is 8.18. The van der Waals surface area contributed by atoms with Gasteiger partial charge in [0, 0.05) is 10.1 Å². The van der Waals surface area contributed by atoms with Gasteiger partial charge in [-0.2, -0.15) is 0 Å². The zero-order valence-corrected chi connectivity index (χ0v) is 10.7. The van der Waals surface area contributed by atoms with Gasteiger partial charge in [0.2, 0.25) is 0 Å². The quantitative estimate of drug-likeness (QED) is 0.844. The van der Waals surface area contributed by atoms with Crippen molar-refractivity contribution >= 4 is 35.0 Å². The molecule has 1 aliphatic heterocycles. The fourth-order valence-electron chi connectivity index (χ4n) is 1.46. The predicted molar refractivity (Wildman–Crippen MR) is 68.3 cm³/mol. The van der Waals surface area contributed by atoms with Gasteiger partial charge in [-0.25, -0.2) is 0 Å². The number of nitrogens with one attached hydrogen (secondary N) is 1. The van der Waals surface area contributed by atoms with Gasteiger partial charge >= 0.3 is 0 Å². The molecule has 1 N–H and O–H groups in total. The molecule has 1 aromatic rings. The minimum atomic E-state index is 0. The number of benzene rings is 1. The molecular formula is C10H13ClINO. The molecule has 0 saturated carbocycles. The molecule has 0 bridgehead atoms. The molecule has 1 heterocycles. The van der Waals surface area contributed by atoms with Gasteiger partial charge in [0.05, 0.1) is 0 Å². The fourth-order valence-corrected chi connectivity index (χ4v) is 1.98. The molecule has 1 aliphatic rings. The van der Waals surface area contributed by atoms with Crippen molar-refractivity contribution < 1.29 is 4.74 Å². The van der Waals surface area contributed by atoms with E-state index in [4.69, 9.17) is 4.74 Å². The molecular weight excluding hydrogens is 312 g/mol. The Labute approximate surface area is 104 Å². The summed E-state index contributed by atoms with van der Waals surface area (Å²) >= 11 is 2.30. The first-order valence-electron chi connectivity index (χ1n) is 4.47. The third-order valence-electron chi connectivity index (χ3n) is 2.11. The Morgan fingerprint density at radius 2 is 2.29 bits per heavy atom. The van der Waals surface area contributed by atoms with Crippen molar-refractivity contribution in [1.82, 2.24) is 5.32 Å². The second-order valence-electron chi connectivity index (χ2n) is 3.19. The lowest BCUT2D eigenvalue weighted by Crippen LogP contribution is -2.19. The zero-order valence-electron chi connectivity index (χ0n) is 7.70. The summed E-state index contributed by atoms with van der Waals surface area (Å²) in [7, 11) is 0. The summed E-state index contributed by atoms with van der Waals surface area (Å²) in [5.41, 5.74) is 0. The second kappa shape index (κ2) is 5.78. The van der Waals surface area contributed by atoms with Crippen molar-refractivity contribution in [3.8, 4) is 5.75 Å². The SMILES string of the molecule is Cl.Ic1cccc(OC2CCNC2)c1. The van der Waals surface area contributed by atoms with Gasteiger partial charge in [-0.1, -0.05) is 6.07 Å². The topological polar surface area (TPSA) is 21.3 Å². The molecule has 1 fully saturated rings. The molecule has 2 nitrogen and oxygen atoms in total. The smallest absolute Gasteiger partial charge is 0.120 e. The normalized spacial score (nSPS) is 20.2. The van der Waals surface area contributed by atoms with E-state index in [1.807, 2.05) is 12.1 Å². The summed E-state index contributed by atoms with van der Waals surface area (Å²) < 4.78 is 7.01. The first kappa shape index (κ1) is 12.1. The van der Waals surface area contributed by atoms with E-state index in [0.717, 1.165) is 25.3 Å². The lowest BCUT2D eigenvalue weighted by Gasteiger charge is -2.12. The molecule has 0 aliphatic carbocycles. The summed E-state index contributed by atoms with van der Waals surface area (Å²) in [6.45, 7) is 2.06. The van der Waals surface area contributed by atoms with E-state index in [2.05, 4.69) is 40.0 Å². The standard InChI is InChI=1S/C10H12INO.ClH/c11-8-2-1-3-9(6-8)13-10-4-5-12-7-10;/h1-3,6,10,12H,4-5,7H2;1H. The van der Waals surface area contributed by atoms with Crippen LogP contribution in [0.3, 0.4) is 0 Å². The van der Waals surface area contributed by atoms with Gasteiger partial charge in [-0.3, -0.25) is 0 Å². The van der Waals surface area contributed by atoms with Crippen LogP contribution < -0.4 is 10.1 Å². The average molecular weight is 326 g/mol. The highest BCUT2D eigenvalue weighted by atomic mass is 127. The number of ether oxygens (including phenoxy) is 1. The van der Waals surface area contributed by atoms with E-state index < -0.39 is 0 Å². The van der Waals surface area contributed by atoms with Crippen molar-refractivity contribution in [3.05, 3.63) is 27.8 Å². The molecule has 1 atom stereocenters. The minimum absolute atomic E-state index is 0. The van der Waals surface area contributed by atoms with Crippen LogP contribution >= 0.6 is 35.0 Å². The largest absolute Gasteiger partial charge is 0.489 e. The molecule has 78 valence electrons. The van der Waals surface area contributed by atoms with Gasteiger partial charge in [-0.15, -0.1) is 12.4 Å². The first-order chi connectivity index (χ1) is 6.34. The Hall–Kier alpha value is -0.0000000000000000278. The molecule has 1 unspecified atom stereocenters. The van der Waals surface area contributed by atoms with Crippen molar-refractivity contribution in [2.75, 3.05) is 13.1 Å². The highest BCUT2D eigenvalue weighted by molar-refractivity contribution is 14.1. The molecule has 4 heteroatoms. The van der Waals surface area contributed by atoms with E-state index in [9.17, 15) is 0 Å². The van der Waals surface area contributed by atoms with Gasteiger partial charge in [-0.05, 0) is 53.8 Å². The van der Waals surface area contributed by atoms with Gasteiger partial charge in [0.15, 0.2) is 0 Å². The van der Waals surface area contributed by atoms with Crippen molar-refractivity contribution in [2.45, 2.75) is 12.5 Å². The summed E-state index contributed by atoms with van der Waals surface area (Å²) in [5, 5.41) is 3.28. The van der Waals surface area contributed by atoms with E-state index in [1.54, 1.807) is 0 Å². The Morgan fingerprint density at radius 3 is 2.93 bits per heavy atom. The average Bonchev–Trinajstić information content (AvgIpc) is 2.57. The predicted octanol–water partition coefficient (Wildman–Crippen LogP) is 2.45. The maximum atomic E-state index is 5.79. The first-order valence-corrected chi connectivity index (χ1v) is 5.55. The monoisotopic (exact) mass is 325 g/mol. The maximum absolute atomic E-state index is 5.79. The molecule has 1 aromatic carbocycles. The summed E-state index contributed by atoms with van der Waals surface area (Å²) in [4.78, 5) is 0. The van der Waals surface area contributed by atoms with Gasteiger partial charge in [0.25, 0.3) is 0 Å². The molecule has 0 spiro atoms. The molecule has 0 aromatic heterocycles. The van der Waals surface area contributed by atoms with E-state index in [0.29, 0.717) is 6.10 Å². The van der Waals surface area contributed by atoms with Crippen molar-refractivity contribution in [1.29, 1.82) is 0 Å². The maximum Gasteiger partial charge on any atom is 0.120 e. The number of halogens is 2. The van der Waals surface area contributed by atoms with Crippen LogP contribution in [0.15, 0.2) is 24.3 Å².